The first-order valence-electron chi connectivity index (χ1n) is 5.15. The molecule has 0 aliphatic carbocycles. The van der Waals surface area contributed by atoms with Gasteiger partial charge in [0.15, 0.2) is 0 Å². The van der Waals surface area contributed by atoms with Crippen molar-refractivity contribution >= 4 is 24.2 Å². The fourth-order valence-corrected chi connectivity index (χ4v) is 1.80. The van der Waals surface area contributed by atoms with Crippen molar-refractivity contribution in [1.29, 1.82) is 0 Å². The third kappa shape index (κ3) is 4.52. The maximum absolute atomic E-state index is 5.53. The van der Waals surface area contributed by atoms with Crippen molar-refractivity contribution in [3.05, 3.63) is 30.2 Å². The number of pyridine rings is 1. The third-order valence-electron chi connectivity index (χ3n) is 1.99. The number of nitrogens with two attached hydrogens (primary N) is 1. The van der Waals surface area contributed by atoms with Gasteiger partial charge in [-0.25, -0.2) is 9.97 Å². The summed E-state index contributed by atoms with van der Waals surface area (Å²) in [5.74, 6) is 1.37. The summed E-state index contributed by atoms with van der Waals surface area (Å²) in [7, 11) is 0. The number of ether oxygens (including phenoxy) is 1. The Morgan fingerprint density at radius 2 is 2.28 bits per heavy atom. The predicted octanol–water partition coefficient (Wildman–Crippen LogP) is 1.25. The molecule has 0 aromatic carbocycles. The molecule has 0 aliphatic rings. The highest BCUT2D eigenvalue weighted by atomic mass is 35.5. The van der Waals surface area contributed by atoms with Crippen LogP contribution in [0.4, 0.5) is 0 Å². The van der Waals surface area contributed by atoms with E-state index in [-0.39, 0.29) is 12.4 Å². The lowest BCUT2D eigenvalue weighted by Crippen LogP contribution is -2.03. The number of H-pyrrole nitrogens is 1. The van der Waals surface area contributed by atoms with Crippen LogP contribution in [0.2, 0.25) is 0 Å². The molecule has 0 bridgehead atoms. The lowest BCUT2D eigenvalue weighted by atomic mass is 10.3. The Morgan fingerprint density at radius 3 is 3.00 bits per heavy atom. The van der Waals surface area contributed by atoms with Crippen LogP contribution in [0, 0.1) is 0 Å². The van der Waals surface area contributed by atoms with E-state index < -0.39 is 0 Å². The number of aromatic amines is 1. The first-order valence-corrected chi connectivity index (χ1v) is 6.13. The van der Waals surface area contributed by atoms with Gasteiger partial charge in [0, 0.05) is 24.6 Å². The van der Waals surface area contributed by atoms with E-state index in [0.717, 1.165) is 16.5 Å². The summed E-state index contributed by atoms with van der Waals surface area (Å²) in [5, 5.41) is 7.30. The number of nitrogens with one attached hydrogen (secondary N) is 1. The van der Waals surface area contributed by atoms with Gasteiger partial charge < -0.3 is 10.5 Å². The summed E-state index contributed by atoms with van der Waals surface area (Å²) in [6.45, 7) is 1.05. The average Bonchev–Trinajstić information content (AvgIpc) is 2.88. The van der Waals surface area contributed by atoms with Crippen molar-refractivity contribution in [1.82, 2.24) is 20.2 Å². The van der Waals surface area contributed by atoms with Gasteiger partial charge >= 0.3 is 0 Å². The van der Waals surface area contributed by atoms with Crippen molar-refractivity contribution in [2.75, 3.05) is 12.4 Å². The quantitative estimate of drug-likeness (QED) is 0.614. The Bertz CT molecular complexity index is 453. The number of rotatable bonds is 6. The van der Waals surface area contributed by atoms with Crippen molar-refractivity contribution in [3.63, 3.8) is 0 Å². The molecular formula is C10H14ClN5OS. The molecule has 18 heavy (non-hydrogen) atoms. The van der Waals surface area contributed by atoms with Crippen LogP contribution in [-0.2, 0) is 6.54 Å². The monoisotopic (exact) mass is 287 g/mol. The van der Waals surface area contributed by atoms with Gasteiger partial charge in [-0.15, -0.1) is 17.5 Å². The summed E-state index contributed by atoms with van der Waals surface area (Å²) in [6.07, 6.45) is 3.25. The first kappa shape index (κ1) is 14.7. The second-order valence-corrected chi connectivity index (χ2v) is 4.25. The molecule has 0 spiro atoms. The van der Waals surface area contributed by atoms with E-state index in [1.165, 1.54) is 11.8 Å². The Morgan fingerprint density at radius 1 is 1.39 bits per heavy atom. The normalized spacial score (nSPS) is 9.83. The van der Waals surface area contributed by atoms with E-state index in [0.29, 0.717) is 19.0 Å². The lowest BCUT2D eigenvalue weighted by molar-refractivity contribution is 0.330. The largest absolute Gasteiger partial charge is 0.477 e. The molecule has 2 aromatic heterocycles. The smallest absolute Gasteiger partial charge is 0.213 e. The number of thioether (sulfide) groups is 1. The molecule has 0 unspecified atom stereocenters. The summed E-state index contributed by atoms with van der Waals surface area (Å²) >= 11 is 1.53. The second kappa shape index (κ2) is 7.91. The molecular weight excluding hydrogens is 274 g/mol. The fraction of sp³-hybridized carbons (Fsp3) is 0.300. The predicted molar refractivity (Wildman–Crippen MR) is 72.0 cm³/mol. The molecule has 98 valence electrons. The maximum atomic E-state index is 5.53. The van der Waals surface area contributed by atoms with Gasteiger partial charge in [-0.2, -0.15) is 0 Å². The molecule has 8 heteroatoms. The average molecular weight is 288 g/mol. The van der Waals surface area contributed by atoms with E-state index in [9.17, 15) is 0 Å². The van der Waals surface area contributed by atoms with Gasteiger partial charge in [-0.3, -0.25) is 5.10 Å². The van der Waals surface area contributed by atoms with Crippen LogP contribution in [0.3, 0.4) is 0 Å². The number of hydrogen-bond acceptors (Lipinski definition) is 6. The molecule has 2 heterocycles. The second-order valence-electron chi connectivity index (χ2n) is 3.19. The number of halogens is 1. The Hall–Kier alpha value is -1.31. The molecule has 2 rings (SSSR count). The number of hydrogen-bond donors (Lipinski definition) is 2. The van der Waals surface area contributed by atoms with Crippen LogP contribution in [0.15, 0.2) is 29.8 Å². The van der Waals surface area contributed by atoms with Gasteiger partial charge in [-0.05, 0) is 11.6 Å². The molecule has 0 fully saturated rings. The van der Waals surface area contributed by atoms with E-state index >= 15 is 0 Å². The zero-order chi connectivity index (χ0) is 11.9. The first-order chi connectivity index (χ1) is 8.38. The van der Waals surface area contributed by atoms with Gasteiger partial charge in [0.05, 0.1) is 6.61 Å². The van der Waals surface area contributed by atoms with Crippen LogP contribution in [-0.4, -0.2) is 32.5 Å². The fourth-order valence-electron chi connectivity index (χ4n) is 1.20. The van der Waals surface area contributed by atoms with Crippen molar-refractivity contribution in [2.45, 2.75) is 11.7 Å². The zero-order valence-corrected chi connectivity index (χ0v) is 11.2. The molecule has 0 atom stereocenters. The van der Waals surface area contributed by atoms with Crippen LogP contribution >= 0.6 is 24.2 Å². The number of aromatic nitrogens is 4. The highest BCUT2D eigenvalue weighted by Crippen LogP contribution is 2.12. The van der Waals surface area contributed by atoms with E-state index in [2.05, 4.69) is 20.2 Å². The van der Waals surface area contributed by atoms with Crippen LogP contribution in [0.1, 0.15) is 5.56 Å². The van der Waals surface area contributed by atoms with E-state index in [1.54, 1.807) is 12.5 Å². The standard InChI is InChI=1S/C10H13N5OS.ClH/c11-6-8-1-2-12-9(5-8)16-3-4-17-10-13-7-14-15-10;/h1-2,5,7H,3-4,6,11H2,(H,13,14,15);1H. The molecule has 0 saturated heterocycles. The van der Waals surface area contributed by atoms with Gasteiger partial charge in [0.2, 0.25) is 11.0 Å². The van der Waals surface area contributed by atoms with Crippen molar-refractivity contribution in [3.8, 4) is 5.88 Å². The van der Waals surface area contributed by atoms with Crippen molar-refractivity contribution < 1.29 is 4.74 Å². The zero-order valence-electron chi connectivity index (χ0n) is 9.57. The van der Waals surface area contributed by atoms with E-state index in [1.807, 2.05) is 12.1 Å². The minimum absolute atomic E-state index is 0. The molecule has 3 N–H and O–H groups in total. The minimum Gasteiger partial charge on any atom is -0.477 e. The van der Waals surface area contributed by atoms with E-state index in [4.69, 9.17) is 10.5 Å². The third-order valence-corrected chi connectivity index (χ3v) is 2.82. The van der Waals surface area contributed by atoms with Crippen LogP contribution in [0.25, 0.3) is 0 Å². The Kier molecular flexibility index (Phi) is 6.48. The molecule has 6 nitrogen and oxygen atoms in total. The topological polar surface area (TPSA) is 89.7 Å². The van der Waals surface area contributed by atoms with Crippen LogP contribution in [0.5, 0.6) is 5.88 Å². The Labute approximate surface area is 115 Å². The van der Waals surface area contributed by atoms with Gasteiger partial charge in [0.1, 0.15) is 6.33 Å². The summed E-state index contributed by atoms with van der Waals surface area (Å²) in [5.41, 5.74) is 6.54. The summed E-state index contributed by atoms with van der Waals surface area (Å²) in [4.78, 5) is 8.09. The van der Waals surface area contributed by atoms with Crippen molar-refractivity contribution in [2.24, 2.45) is 5.73 Å². The SMILES string of the molecule is Cl.NCc1ccnc(OCCSc2nc[nH]n2)c1. The highest BCUT2D eigenvalue weighted by molar-refractivity contribution is 7.99. The Balaban J connectivity index is 0.00000162. The molecule has 0 radical (unpaired) electrons. The molecule has 0 saturated carbocycles. The van der Waals surface area contributed by atoms with Crippen LogP contribution < -0.4 is 10.5 Å². The molecule has 2 aromatic rings. The minimum atomic E-state index is 0. The molecule has 0 aliphatic heterocycles. The summed E-state index contributed by atoms with van der Waals surface area (Å²) in [6, 6.07) is 3.71. The lowest BCUT2D eigenvalue weighted by Gasteiger charge is -2.04. The van der Waals surface area contributed by atoms with Gasteiger partial charge in [0.25, 0.3) is 0 Å². The highest BCUT2D eigenvalue weighted by Gasteiger charge is 1.99. The van der Waals surface area contributed by atoms with Gasteiger partial charge in [-0.1, -0.05) is 11.8 Å². The molecule has 0 amide bonds. The summed E-state index contributed by atoms with van der Waals surface area (Å²) < 4.78 is 5.49. The number of nitrogens with zero attached hydrogens (tertiary/aromatic N) is 3. The maximum Gasteiger partial charge on any atom is 0.213 e.